The number of hydrogen-bond donors (Lipinski definition) is 1. The number of carbonyl (C=O) groups excluding carboxylic acids is 2. The summed E-state index contributed by atoms with van der Waals surface area (Å²) in [6.07, 6.45) is 0.242. The Morgan fingerprint density at radius 3 is 2.13 bits per heavy atom. The van der Waals surface area contributed by atoms with Gasteiger partial charge in [0, 0.05) is 25.1 Å². The van der Waals surface area contributed by atoms with E-state index in [1.54, 1.807) is 36.4 Å². The Hall–Kier alpha value is -4.83. The third-order valence-corrected chi connectivity index (χ3v) is 9.35. The van der Waals surface area contributed by atoms with Crippen molar-refractivity contribution in [2.45, 2.75) is 50.7 Å². The number of anilines is 1. The van der Waals surface area contributed by atoms with Crippen LogP contribution in [0, 0.1) is 6.92 Å². The molecule has 0 aromatic heterocycles. The average molecular weight is 642 g/mol. The summed E-state index contributed by atoms with van der Waals surface area (Å²) in [5.41, 5.74) is 2.93. The minimum atomic E-state index is -4.22. The first-order valence-electron chi connectivity index (χ1n) is 15.3. The van der Waals surface area contributed by atoms with Crippen LogP contribution in [-0.4, -0.2) is 57.0 Å². The van der Waals surface area contributed by atoms with E-state index in [9.17, 15) is 18.0 Å². The van der Waals surface area contributed by atoms with E-state index in [2.05, 4.69) is 5.32 Å². The van der Waals surface area contributed by atoms with Crippen LogP contribution < -0.4 is 19.1 Å². The molecular formula is C36H39N3O6S. The van der Waals surface area contributed by atoms with Crippen LogP contribution in [0.25, 0.3) is 0 Å². The first-order valence-corrected chi connectivity index (χ1v) is 16.7. The molecule has 1 aliphatic heterocycles. The van der Waals surface area contributed by atoms with Gasteiger partial charge in [0.15, 0.2) is 11.5 Å². The van der Waals surface area contributed by atoms with Crippen molar-refractivity contribution in [1.29, 1.82) is 0 Å². The molecule has 0 radical (unpaired) electrons. The molecule has 4 aromatic rings. The number of sulfonamides is 1. The van der Waals surface area contributed by atoms with E-state index >= 15 is 0 Å². The molecule has 0 spiro atoms. The lowest BCUT2D eigenvalue weighted by atomic mass is 10.0. The van der Waals surface area contributed by atoms with Crippen molar-refractivity contribution < 1.29 is 27.5 Å². The number of nitrogens with zero attached hydrogens (tertiary/aromatic N) is 2. The van der Waals surface area contributed by atoms with Crippen molar-refractivity contribution in [3.05, 3.63) is 120 Å². The van der Waals surface area contributed by atoms with Crippen LogP contribution in [0.15, 0.2) is 108 Å². The molecule has 0 aliphatic carbocycles. The van der Waals surface area contributed by atoms with E-state index in [-0.39, 0.29) is 35.5 Å². The molecule has 0 fully saturated rings. The number of fused-ring (bicyclic) bond motifs is 1. The maximum Gasteiger partial charge on any atom is 0.264 e. The van der Waals surface area contributed by atoms with Crippen molar-refractivity contribution in [2.24, 2.45) is 0 Å². The molecule has 1 aliphatic rings. The summed E-state index contributed by atoms with van der Waals surface area (Å²) in [5.74, 6) is 0.0273. The minimum absolute atomic E-state index is 0.0290. The van der Waals surface area contributed by atoms with Gasteiger partial charge in [-0.15, -0.1) is 0 Å². The van der Waals surface area contributed by atoms with Gasteiger partial charge in [-0.25, -0.2) is 8.42 Å². The van der Waals surface area contributed by atoms with Gasteiger partial charge in [-0.3, -0.25) is 13.9 Å². The second-order valence-corrected chi connectivity index (χ2v) is 13.4. The van der Waals surface area contributed by atoms with Gasteiger partial charge in [0.05, 0.1) is 10.6 Å². The Morgan fingerprint density at radius 1 is 0.804 bits per heavy atom. The van der Waals surface area contributed by atoms with E-state index in [1.165, 1.54) is 17.0 Å². The van der Waals surface area contributed by atoms with Crippen molar-refractivity contribution in [3.8, 4) is 11.5 Å². The molecule has 0 bridgehead atoms. The van der Waals surface area contributed by atoms with Crippen molar-refractivity contribution in [1.82, 2.24) is 10.2 Å². The fourth-order valence-corrected chi connectivity index (χ4v) is 6.80. The zero-order valence-corrected chi connectivity index (χ0v) is 27.1. The number of hydrogen-bond acceptors (Lipinski definition) is 6. The summed E-state index contributed by atoms with van der Waals surface area (Å²) in [5, 5.41) is 2.98. The lowest BCUT2D eigenvalue weighted by Gasteiger charge is -2.34. The maximum atomic E-state index is 14.6. The highest BCUT2D eigenvalue weighted by Gasteiger charge is 2.35. The van der Waals surface area contributed by atoms with Gasteiger partial charge >= 0.3 is 0 Å². The molecule has 4 aromatic carbocycles. The normalized spacial score (nSPS) is 13.1. The largest absolute Gasteiger partial charge is 0.486 e. The topological polar surface area (TPSA) is 105 Å². The molecule has 240 valence electrons. The molecule has 1 heterocycles. The summed E-state index contributed by atoms with van der Waals surface area (Å²) in [6, 6.07) is 28.9. The molecule has 46 heavy (non-hydrogen) atoms. The molecule has 10 heteroatoms. The Kier molecular flexibility index (Phi) is 10.3. The van der Waals surface area contributed by atoms with Gasteiger partial charge < -0.3 is 19.7 Å². The summed E-state index contributed by atoms with van der Waals surface area (Å²) in [4.78, 5) is 29.9. The molecule has 0 saturated heterocycles. The van der Waals surface area contributed by atoms with Crippen LogP contribution in [0.4, 0.5) is 5.69 Å². The molecule has 0 saturated carbocycles. The van der Waals surface area contributed by atoms with E-state index in [1.807, 2.05) is 75.4 Å². The number of aryl methyl sites for hydroxylation is 1. The number of rotatable bonds is 12. The van der Waals surface area contributed by atoms with Crippen LogP contribution in [0.3, 0.4) is 0 Å². The second-order valence-electron chi connectivity index (χ2n) is 11.5. The van der Waals surface area contributed by atoms with E-state index in [0.29, 0.717) is 24.7 Å². The third-order valence-electron chi connectivity index (χ3n) is 7.56. The van der Waals surface area contributed by atoms with Crippen molar-refractivity contribution in [2.75, 3.05) is 24.1 Å². The Morgan fingerprint density at radius 2 is 1.46 bits per heavy atom. The predicted molar refractivity (Wildman–Crippen MR) is 177 cm³/mol. The third kappa shape index (κ3) is 7.87. The second kappa shape index (κ2) is 14.5. The quantitative estimate of drug-likeness (QED) is 0.230. The monoisotopic (exact) mass is 641 g/mol. The fourth-order valence-electron chi connectivity index (χ4n) is 5.38. The Bertz CT molecular complexity index is 1760. The first kappa shape index (κ1) is 32.6. The Balaban J connectivity index is 1.59. The maximum absolute atomic E-state index is 14.6. The van der Waals surface area contributed by atoms with Gasteiger partial charge in [0.25, 0.3) is 10.0 Å². The van der Waals surface area contributed by atoms with Gasteiger partial charge in [-0.05, 0) is 56.2 Å². The fraction of sp³-hybridized carbons (Fsp3) is 0.278. The standard InChI is InChI=1S/C36H39N3O6S/c1-26(2)37-36(41)32(22-28-12-6-4-7-13-28)38(24-29-14-10-11-27(3)21-29)35(40)25-39(46(42,43)31-15-8-5-9-16-31)30-17-18-33-34(23-30)45-20-19-44-33/h4-18,21,23,26,32H,19-20,22,24-25H2,1-3H3,(H,37,41)/t32-/m0/s1. The number of carbonyl (C=O) groups is 2. The van der Waals surface area contributed by atoms with Crippen LogP contribution in [0.1, 0.15) is 30.5 Å². The van der Waals surface area contributed by atoms with Gasteiger partial charge in [0.1, 0.15) is 25.8 Å². The van der Waals surface area contributed by atoms with Crippen LogP contribution in [-0.2, 0) is 32.6 Å². The van der Waals surface area contributed by atoms with Crippen LogP contribution in [0.2, 0.25) is 0 Å². The average Bonchev–Trinajstić information content (AvgIpc) is 3.05. The van der Waals surface area contributed by atoms with Crippen molar-refractivity contribution in [3.63, 3.8) is 0 Å². The molecule has 1 N–H and O–H groups in total. The zero-order valence-electron chi connectivity index (χ0n) is 26.3. The molecule has 2 amide bonds. The SMILES string of the molecule is Cc1cccc(CN(C(=O)CN(c2ccc3c(c2)OCCO3)S(=O)(=O)c2ccccc2)[C@@H](Cc2ccccc2)C(=O)NC(C)C)c1. The molecule has 9 nitrogen and oxygen atoms in total. The Labute approximate surface area is 270 Å². The molecular weight excluding hydrogens is 602 g/mol. The minimum Gasteiger partial charge on any atom is -0.486 e. The summed E-state index contributed by atoms with van der Waals surface area (Å²) in [6.45, 7) is 5.93. The molecule has 5 rings (SSSR count). The molecule has 1 atom stereocenters. The van der Waals surface area contributed by atoms with E-state index in [4.69, 9.17) is 9.47 Å². The first-order chi connectivity index (χ1) is 22.1. The lowest BCUT2D eigenvalue weighted by molar-refractivity contribution is -0.140. The van der Waals surface area contributed by atoms with Crippen LogP contribution >= 0.6 is 0 Å². The summed E-state index contributed by atoms with van der Waals surface area (Å²) >= 11 is 0. The smallest absolute Gasteiger partial charge is 0.264 e. The lowest BCUT2D eigenvalue weighted by Crippen LogP contribution is -2.54. The summed E-state index contributed by atoms with van der Waals surface area (Å²) < 4.78 is 40.9. The van der Waals surface area contributed by atoms with Gasteiger partial charge in [-0.1, -0.05) is 78.4 Å². The predicted octanol–water partition coefficient (Wildman–Crippen LogP) is 5.13. The van der Waals surface area contributed by atoms with Gasteiger partial charge in [-0.2, -0.15) is 0 Å². The zero-order chi connectivity index (χ0) is 32.7. The molecule has 0 unspecified atom stereocenters. The highest BCUT2D eigenvalue weighted by molar-refractivity contribution is 7.92. The number of nitrogens with one attached hydrogen (secondary N) is 1. The summed E-state index contributed by atoms with van der Waals surface area (Å²) in [7, 11) is -4.22. The number of benzene rings is 4. The highest BCUT2D eigenvalue weighted by atomic mass is 32.2. The van der Waals surface area contributed by atoms with Gasteiger partial charge in [0.2, 0.25) is 11.8 Å². The van der Waals surface area contributed by atoms with Crippen LogP contribution in [0.5, 0.6) is 11.5 Å². The highest BCUT2D eigenvalue weighted by Crippen LogP contribution is 2.36. The number of ether oxygens (including phenoxy) is 2. The van der Waals surface area contributed by atoms with E-state index < -0.39 is 28.5 Å². The van der Waals surface area contributed by atoms with Crippen molar-refractivity contribution >= 4 is 27.5 Å². The van der Waals surface area contributed by atoms with E-state index in [0.717, 1.165) is 21.0 Å². The number of amides is 2.